The molecule has 0 bridgehead atoms. The molecule has 8 heteroatoms. The van der Waals surface area contributed by atoms with Gasteiger partial charge in [0.25, 0.3) is 0 Å². The fourth-order valence-electron chi connectivity index (χ4n) is 1.31. The van der Waals surface area contributed by atoms with Crippen molar-refractivity contribution in [3.8, 4) is 5.75 Å². The summed E-state index contributed by atoms with van der Waals surface area (Å²) in [7, 11) is 0. The Morgan fingerprint density at radius 2 is 2.00 bits per heavy atom. The number of hydrogen-bond acceptors (Lipinski definition) is 5. The first-order valence-electron chi connectivity index (χ1n) is 5.84. The number of carbonyl (C=O) groups is 1. The van der Waals surface area contributed by atoms with E-state index in [0.717, 1.165) is 0 Å². The van der Waals surface area contributed by atoms with Crippen LogP contribution in [0.2, 0.25) is 10.0 Å². The van der Waals surface area contributed by atoms with E-state index in [9.17, 15) is 9.90 Å². The highest BCUT2D eigenvalue weighted by atomic mass is 35.5. The second-order valence-electron chi connectivity index (χ2n) is 4.12. The van der Waals surface area contributed by atoms with E-state index in [4.69, 9.17) is 38.8 Å². The highest BCUT2D eigenvalue weighted by Gasteiger charge is 2.11. The van der Waals surface area contributed by atoms with Gasteiger partial charge in [-0.2, -0.15) is 0 Å². The van der Waals surface area contributed by atoms with Crippen LogP contribution in [0.3, 0.4) is 0 Å². The van der Waals surface area contributed by atoms with Crippen molar-refractivity contribution in [3.05, 3.63) is 28.2 Å². The van der Waals surface area contributed by atoms with Gasteiger partial charge in [-0.05, 0) is 12.1 Å². The van der Waals surface area contributed by atoms with E-state index in [1.54, 1.807) is 18.2 Å². The Balaban J connectivity index is 2.27. The van der Waals surface area contributed by atoms with Crippen LogP contribution in [-0.2, 0) is 4.79 Å². The third kappa shape index (κ3) is 5.94. The van der Waals surface area contributed by atoms with Crippen molar-refractivity contribution in [2.75, 3.05) is 19.7 Å². The van der Waals surface area contributed by atoms with E-state index >= 15 is 0 Å². The number of aliphatic hydroxyl groups excluding tert-OH is 2. The van der Waals surface area contributed by atoms with E-state index in [2.05, 4.69) is 5.32 Å². The zero-order valence-corrected chi connectivity index (χ0v) is 12.1. The van der Waals surface area contributed by atoms with Gasteiger partial charge in [-0.3, -0.25) is 4.79 Å². The fourth-order valence-corrected chi connectivity index (χ4v) is 1.59. The largest absolute Gasteiger partial charge is 0.491 e. The monoisotopic (exact) mass is 322 g/mol. The quantitative estimate of drug-likeness (QED) is 0.546. The number of amides is 1. The number of ether oxygens (including phenoxy) is 1. The molecule has 6 nitrogen and oxygen atoms in total. The number of nitrogens with two attached hydrogens (primary N) is 1. The SMILES string of the molecule is NC(=O)C(O)CNCC(O)COc1ccc(Cl)c(Cl)c1. The number of primary amides is 1. The lowest BCUT2D eigenvalue weighted by atomic mass is 10.3. The van der Waals surface area contributed by atoms with E-state index in [-0.39, 0.29) is 19.7 Å². The van der Waals surface area contributed by atoms with Crippen LogP contribution in [0.4, 0.5) is 0 Å². The molecule has 0 radical (unpaired) electrons. The van der Waals surface area contributed by atoms with E-state index in [0.29, 0.717) is 15.8 Å². The summed E-state index contributed by atoms with van der Waals surface area (Å²) in [6.45, 7) is 0.141. The first-order chi connectivity index (χ1) is 9.40. The number of aliphatic hydroxyl groups is 2. The minimum absolute atomic E-state index is 0.0254. The summed E-state index contributed by atoms with van der Waals surface area (Å²) in [5.41, 5.74) is 4.87. The smallest absolute Gasteiger partial charge is 0.247 e. The Labute approximate surface area is 126 Å². The summed E-state index contributed by atoms with van der Waals surface area (Å²) in [6, 6.07) is 4.76. The molecule has 2 atom stereocenters. The standard InChI is InChI=1S/C12H16Cl2N2O4/c13-9-2-1-8(3-10(9)14)20-6-7(17)4-16-5-11(18)12(15)19/h1-3,7,11,16-18H,4-6H2,(H2,15,19). The molecular weight excluding hydrogens is 307 g/mol. The van der Waals surface area contributed by atoms with Gasteiger partial charge in [0.05, 0.1) is 10.0 Å². The van der Waals surface area contributed by atoms with Gasteiger partial charge in [0.1, 0.15) is 24.6 Å². The maximum Gasteiger partial charge on any atom is 0.247 e. The highest BCUT2D eigenvalue weighted by molar-refractivity contribution is 6.42. The van der Waals surface area contributed by atoms with Crippen LogP contribution >= 0.6 is 23.2 Å². The summed E-state index contributed by atoms with van der Waals surface area (Å²) in [6.07, 6.45) is -2.09. The minimum Gasteiger partial charge on any atom is -0.491 e. The first kappa shape index (κ1) is 17.0. The summed E-state index contributed by atoms with van der Waals surface area (Å²) in [5.74, 6) is -0.338. The van der Waals surface area contributed by atoms with Gasteiger partial charge in [-0.15, -0.1) is 0 Å². The summed E-state index contributed by atoms with van der Waals surface area (Å²) >= 11 is 11.6. The van der Waals surface area contributed by atoms with Gasteiger partial charge < -0.3 is 26.0 Å². The molecule has 112 valence electrons. The average molecular weight is 323 g/mol. The van der Waals surface area contributed by atoms with E-state index < -0.39 is 18.1 Å². The molecule has 0 fully saturated rings. The highest BCUT2D eigenvalue weighted by Crippen LogP contribution is 2.26. The molecule has 0 saturated heterocycles. The molecule has 5 N–H and O–H groups in total. The van der Waals surface area contributed by atoms with Gasteiger partial charge in [0, 0.05) is 19.2 Å². The first-order valence-corrected chi connectivity index (χ1v) is 6.59. The second kappa shape index (κ2) is 8.28. The van der Waals surface area contributed by atoms with Crippen molar-refractivity contribution >= 4 is 29.1 Å². The zero-order valence-electron chi connectivity index (χ0n) is 10.6. The zero-order chi connectivity index (χ0) is 15.1. The van der Waals surface area contributed by atoms with Crippen molar-refractivity contribution in [1.29, 1.82) is 0 Å². The lowest BCUT2D eigenvalue weighted by Crippen LogP contribution is -2.41. The molecule has 0 saturated carbocycles. The maximum atomic E-state index is 10.6. The number of nitrogens with one attached hydrogen (secondary N) is 1. The number of hydrogen-bond donors (Lipinski definition) is 4. The topological polar surface area (TPSA) is 105 Å². The number of rotatable bonds is 8. The van der Waals surface area contributed by atoms with Crippen molar-refractivity contribution in [1.82, 2.24) is 5.32 Å². The Kier molecular flexibility index (Phi) is 7.04. The van der Waals surface area contributed by atoms with Gasteiger partial charge in [-0.1, -0.05) is 23.2 Å². The molecule has 0 spiro atoms. The summed E-state index contributed by atoms with van der Waals surface area (Å²) < 4.78 is 5.32. The van der Waals surface area contributed by atoms with Gasteiger partial charge in [0.2, 0.25) is 5.91 Å². The molecule has 1 aromatic rings. The number of benzene rings is 1. The normalized spacial score (nSPS) is 13.8. The van der Waals surface area contributed by atoms with Gasteiger partial charge in [-0.25, -0.2) is 0 Å². The molecule has 0 aliphatic heterocycles. The average Bonchev–Trinajstić information content (AvgIpc) is 2.40. The maximum absolute atomic E-state index is 10.6. The Hall–Kier alpha value is -1.05. The minimum atomic E-state index is -1.28. The van der Waals surface area contributed by atoms with Gasteiger partial charge in [0.15, 0.2) is 0 Å². The summed E-state index contributed by atoms with van der Waals surface area (Å²) in [5, 5.41) is 22.2. The van der Waals surface area contributed by atoms with E-state index in [1.807, 2.05) is 0 Å². The molecular formula is C12H16Cl2N2O4. The Morgan fingerprint density at radius 1 is 1.30 bits per heavy atom. The second-order valence-corrected chi connectivity index (χ2v) is 4.93. The van der Waals surface area contributed by atoms with Crippen LogP contribution < -0.4 is 15.8 Å². The van der Waals surface area contributed by atoms with Crippen LogP contribution in [0, 0.1) is 0 Å². The third-order valence-electron chi connectivity index (χ3n) is 2.38. The Morgan fingerprint density at radius 3 is 2.60 bits per heavy atom. The van der Waals surface area contributed by atoms with Crippen LogP contribution in [0.15, 0.2) is 18.2 Å². The number of halogens is 2. The molecule has 20 heavy (non-hydrogen) atoms. The third-order valence-corrected chi connectivity index (χ3v) is 3.12. The van der Waals surface area contributed by atoms with Crippen molar-refractivity contribution in [3.63, 3.8) is 0 Å². The molecule has 0 aliphatic rings. The van der Waals surface area contributed by atoms with Crippen LogP contribution in [-0.4, -0.2) is 48.0 Å². The van der Waals surface area contributed by atoms with Crippen LogP contribution in [0.1, 0.15) is 0 Å². The molecule has 2 unspecified atom stereocenters. The molecule has 0 heterocycles. The lowest BCUT2D eigenvalue weighted by Gasteiger charge is -2.14. The van der Waals surface area contributed by atoms with E-state index in [1.165, 1.54) is 0 Å². The summed E-state index contributed by atoms with van der Waals surface area (Å²) in [4.78, 5) is 10.6. The van der Waals surface area contributed by atoms with Crippen LogP contribution in [0.25, 0.3) is 0 Å². The van der Waals surface area contributed by atoms with Crippen molar-refractivity contribution in [2.45, 2.75) is 12.2 Å². The molecule has 0 aliphatic carbocycles. The fraction of sp³-hybridized carbons (Fsp3) is 0.417. The van der Waals surface area contributed by atoms with Crippen LogP contribution in [0.5, 0.6) is 5.75 Å². The molecule has 1 amide bonds. The Bertz CT molecular complexity index is 459. The predicted molar refractivity (Wildman–Crippen MR) is 76.0 cm³/mol. The molecule has 0 aromatic heterocycles. The van der Waals surface area contributed by atoms with Crippen molar-refractivity contribution < 1.29 is 19.7 Å². The molecule has 1 aromatic carbocycles. The van der Waals surface area contributed by atoms with Crippen molar-refractivity contribution in [2.24, 2.45) is 5.73 Å². The lowest BCUT2D eigenvalue weighted by molar-refractivity contribution is -0.125. The molecule has 1 rings (SSSR count). The predicted octanol–water partition coefficient (Wildman–Crippen LogP) is 0.169. The number of carbonyl (C=O) groups excluding carboxylic acids is 1. The van der Waals surface area contributed by atoms with Gasteiger partial charge >= 0.3 is 0 Å².